The number of aromatic amines is 1. The van der Waals surface area contributed by atoms with Crippen LogP contribution in [0.3, 0.4) is 0 Å². The molecule has 0 aliphatic rings. The molecule has 0 saturated heterocycles. The van der Waals surface area contributed by atoms with Gasteiger partial charge in [-0.3, -0.25) is 14.9 Å². The molecule has 0 atom stereocenters. The minimum absolute atomic E-state index is 0.351. The molecule has 3 heterocycles. The summed E-state index contributed by atoms with van der Waals surface area (Å²) in [6.07, 6.45) is 2.98. The van der Waals surface area contributed by atoms with Crippen LogP contribution in [0, 0.1) is 6.92 Å². The second-order valence-corrected chi connectivity index (χ2v) is 6.86. The first-order chi connectivity index (χ1) is 15.1. The predicted molar refractivity (Wildman–Crippen MR) is 117 cm³/mol. The summed E-state index contributed by atoms with van der Waals surface area (Å²) >= 11 is 0. The molecule has 0 bridgehead atoms. The van der Waals surface area contributed by atoms with E-state index < -0.39 is 0 Å². The average Bonchev–Trinajstić information content (AvgIpc) is 3.34. The molecule has 9 heteroatoms. The molecule has 0 aliphatic heterocycles. The molecule has 0 amide bonds. The number of aromatic nitrogens is 5. The largest absolute Gasteiger partial charge is 0.434 e. The van der Waals surface area contributed by atoms with Gasteiger partial charge < -0.3 is 9.64 Å². The van der Waals surface area contributed by atoms with Crippen LogP contribution in [0.5, 0.6) is 0 Å². The Kier molecular flexibility index (Phi) is 5.74. The first kappa shape index (κ1) is 20.3. The molecular weight excluding hydrogens is 394 g/mol. The molecule has 0 radical (unpaired) electrons. The number of carbonyl (C=O) groups excluding carboxylic acids is 1. The molecular formula is C22H23N7O2. The number of aryl methyl sites for hydroxylation is 1. The second-order valence-electron chi connectivity index (χ2n) is 6.86. The van der Waals surface area contributed by atoms with Gasteiger partial charge in [0.2, 0.25) is 11.5 Å². The molecule has 31 heavy (non-hydrogen) atoms. The number of ether oxygens (including phenoxy) is 1. The van der Waals surface area contributed by atoms with Crippen molar-refractivity contribution in [3.8, 4) is 11.5 Å². The van der Waals surface area contributed by atoms with E-state index in [4.69, 9.17) is 9.73 Å². The SMILES string of the molecule is CCN(CC)c1ccc(N=c2/c(=C/OC=O)[nH]n3nc(-c4ccccn4)nc23)c(C)c1. The summed E-state index contributed by atoms with van der Waals surface area (Å²) in [5.74, 6) is 0.472. The van der Waals surface area contributed by atoms with E-state index in [1.54, 1.807) is 6.20 Å². The highest BCUT2D eigenvalue weighted by Crippen LogP contribution is 2.24. The Labute approximate surface area is 178 Å². The van der Waals surface area contributed by atoms with Crippen LogP contribution in [-0.2, 0) is 9.53 Å². The van der Waals surface area contributed by atoms with E-state index in [9.17, 15) is 4.79 Å². The van der Waals surface area contributed by atoms with E-state index in [1.165, 1.54) is 10.9 Å². The van der Waals surface area contributed by atoms with E-state index in [-0.39, 0.29) is 0 Å². The maximum atomic E-state index is 10.7. The minimum Gasteiger partial charge on any atom is -0.434 e. The van der Waals surface area contributed by atoms with Gasteiger partial charge in [-0.15, -0.1) is 5.10 Å². The van der Waals surface area contributed by atoms with Crippen LogP contribution in [0.1, 0.15) is 19.4 Å². The quantitative estimate of drug-likeness (QED) is 0.463. The van der Waals surface area contributed by atoms with E-state index in [2.05, 4.69) is 51.0 Å². The second kappa shape index (κ2) is 8.78. The van der Waals surface area contributed by atoms with Gasteiger partial charge in [0, 0.05) is 25.0 Å². The number of carbonyl (C=O) groups is 1. The molecule has 4 rings (SSSR count). The fourth-order valence-electron chi connectivity index (χ4n) is 3.39. The van der Waals surface area contributed by atoms with E-state index in [0.717, 1.165) is 30.0 Å². The van der Waals surface area contributed by atoms with Crippen LogP contribution >= 0.6 is 0 Å². The number of hydrogen-bond acceptors (Lipinski definition) is 7. The summed E-state index contributed by atoms with van der Waals surface area (Å²) in [7, 11) is 0. The normalized spacial score (nSPS) is 12.5. The Morgan fingerprint density at radius 2 is 2.06 bits per heavy atom. The van der Waals surface area contributed by atoms with Gasteiger partial charge in [-0.2, -0.15) is 4.63 Å². The maximum Gasteiger partial charge on any atom is 0.297 e. The molecule has 9 nitrogen and oxygen atoms in total. The van der Waals surface area contributed by atoms with Crippen molar-refractivity contribution >= 4 is 29.8 Å². The van der Waals surface area contributed by atoms with Gasteiger partial charge in [0.15, 0.2) is 0 Å². The van der Waals surface area contributed by atoms with Gasteiger partial charge >= 0.3 is 0 Å². The third-order valence-electron chi connectivity index (χ3n) is 4.98. The smallest absolute Gasteiger partial charge is 0.297 e. The Hall–Kier alpha value is -4.01. The van der Waals surface area contributed by atoms with Crippen LogP contribution in [-0.4, -0.2) is 44.4 Å². The molecule has 0 unspecified atom stereocenters. The van der Waals surface area contributed by atoms with Crippen molar-refractivity contribution in [2.75, 3.05) is 18.0 Å². The highest BCUT2D eigenvalue weighted by Gasteiger charge is 2.13. The van der Waals surface area contributed by atoms with Crippen molar-refractivity contribution in [3.05, 3.63) is 58.9 Å². The lowest BCUT2D eigenvalue weighted by molar-refractivity contribution is -0.122. The van der Waals surface area contributed by atoms with Crippen molar-refractivity contribution in [2.24, 2.45) is 4.99 Å². The Bertz CT molecular complexity index is 1320. The van der Waals surface area contributed by atoms with Gasteiger partial charge in [-0.25, -0.2) is 9.98 Å². The van der Waals surface area contributed by atoms with Crippen molar-refractivity contribution in [3.63, 3.8) is 0 Å². The number of nitrogens with one attached hydrogen (secondary N) is 1. The molecule has 0 aliphatic carbocycles. The van der Waals surface area contributed by atoms with Crippen LogP contribution in [0.4, 0.5) is 11.4 Å². The van der Waals surface area contributed by atoms with Crippen molar-refractivity contribution < 1.29 is 9.53 Å². The number of fused-ring (bicyclic) bond motifs is 1. The number of pyridine rings is 1. The Morgan fingerprint density at radius 1 is 1.23 bits per heavy atom. The maximum absolute atomic E-state index is 10.7. The lowest BCUT2D eigenvalue weighted by Gasteiger charge is -2.21. The van der Waals surface area contributed by atoms with Crippen molar-refractivity contribution in [1.82, 2.24) is 24.8 Å². The molecule has 1 N–H and O–H groups in total. The predicted octanol–water partition coefficient (Wildman–Crippen LogP) is 2.14. The molecule has 0 spiro atoms. The van der Waals surface area contributed by atoms with Gasteiger partial charge in [0.05, 0.1) is 5.69 Å². The topological polar surface area (TPSA) is 101 Å². The van der Waals surface area contributed by atoms with Gasteiger partial charge in [0.1, 0.15) is 22.7 Å². The van der Waals surface area contributed by atoms with Crippen molar-refractivity contribution in [1.29, 1.82) is 0 Å². The molecule has 0 saturated carbocycles. The van der Waals surface area contributed by atoms with Gasteiger partial charge in [-0.05, 0) is 56.7 Å². The number of nitrogens with zero attached hydrogens (tertiary/aromatic N) is 6. The fourth-order valence-corrected chi connectivity index (χ4v) is 3.39. The third kappa shape index (κ3) is 4.02. The third-order valence-corrected chi connectivity index (χ3v) is 4.98. The minimum atomic E-state index is 0.351. The first-order valence-corrected chi connectivity index (χ1v) is 10.0. The van der Waals surface area contributed by atoms with Gasteiger partial charge in [0.25, 0.3) is 6.47 Å². The highest BCUT2D eigenvalue weighted by atomic mass is 16.5. The zero-order valence-corrected chi connectivity index (χ0v) is 17.6. The zero-order chi connectivity index (χ0) is 21.8. The lowest BCUT2D eigenvalue weighted by Crippen LogP contribution is -2.24. The highest BCUT2D eigenvalue weighted by molar-refractivity contribution is 5.59. The summed E-state index contributed by atoms with van der Waals surface area (Å²) < 4.78 is 6.34. The van der Waals surface area contributed by atoms with Crippen LogP contribution in [0.25, 0.3) is 23.4 Å². The lowest BCUT2D eigenvalue weighted by atomic mass is 10.1. The molecule has 158 valence electrons. The summed E-state index contributed by atoms with van der Waals surface area (Å²) in [5, 5.41) is 8.51. The monoisotopic (exact) mass is 417 g/mol. The van der Waals surface area contributed by atoms with E-state index in [1.807, 2.05) is 31.2 Å². The zero-order valence-electron chi connectivity index (χ0n) is 17.6. The number of rotatable bonds is 7. The summed E-state index contributed by atoms with van der Waals surface area (Å²) in [5.41, 5.74) is 4.13. The van der Waals surface area contributed by atoms with Crippen LogP contribution < -0.4 is 15.6 Å². The van der Waals surface area contributed by atoms with Crippen LogP contribution in [0.15, 0.2) is 47.6 Å². The summed E-state index contributed by atoms with van der Waals surface area (Å²) in [6, 6.07) is 11.7. The molecule has 3 aromatic heterocycles. The standard InChI is InChI=1S/C22H23N7O2/c1-4-28(5-2)16-9-10-17(15(3)12-16)24-20-19(13-31-14-30)26-29-22(20)25-21(27-29)18-8-6-7-11-23-18/h6-14,26H,4-5H2,1-3H3/b19-13-,24-20?. The molecule has 0 fully saturated rings. The average molecular weight is 417 g/mol. The molecule has 4 aromatic rings. The number of H-pyrrole nitrogens is 1. The fraction of sp³-hybridized carbons (Fsp3) is 0.227. The van der Waals surface area contributed by atoms with Gasteiger partial charge in [-0.1, -0.05) is 6.07 Å². The first-order valence-electron chi connectivity index (χ1n) is 10.0. The number of hydrogen-bond donors (Lipinski definition) is 1. The summed E-state index contributed by atoms with van der Waals surface area (Å²) in [4.78, 5) is 26.7. The van der Waals surface area contributed by atoms with E-state index >= 15 is 0 Å². The van der Waals surface area contributed by atoms with E-state index in [0.29, 0.717) is 34.3 Å². The molecule has 1 aromatic carbocycles. The van der Waals surface area contributed by atoms with Crippen molar-refractivity contribution in [2.45, 2.75) is 20.8 Å². The van der Waals surface area contributed by atoms with Crippen LogP contribution in [0.2, 0.25) is 0 Å². The summed E-state index contributed by atoms with van der Waals surface area (Å²) in [6.45, 7) is 8.50. The number of benzene rings is 1. The Morgan fingerprint density at radius 3 is 2.74 bits per heavy atom. The Balaban J connectivity index is 1.87. The number of anilines is 1.